The van der Waals surface area contributed by atoms with Gasteiger partial charge in [0.1, 0.15) is 5.01 Å². The van der Waals surface area contributed by atoms with E-state index in [9.17, 15) is 8.42 Å². The summed E-state index contributed by atoms with van der Waals surface area (Å²) in [6.45, 7) is 1.97. The standard InChI is InChI=1S/C19H16N4O2S2/c1-13-18(26-19(22-13)14-5-3-2-4-6-14)17-11-12-21-23(17)15-7-9-16(10-8-15)27(20,24)25/h2-12H,1H3,(H2,20,24,25). The van der Waals surface area contributed by atoms with E-state index < -0.39 is 10.0 Å². The summed E-state index contributed by atoms with van der Waals surface area (Å²) in [5, 5.41) is 10.5. The van der Waals surface area contributed by atoms with E-state index in [2.05, 4.69) is 5.10 Å². The van der Waals surface area contributed by atoms with Crippen LogP contribution in [-0.2, 0) is 10.0 Å². The Morgan fingerprint density at radius 1 is 1.00 bits per heavy atom. The predicted molar refractivity (Wildman–Crippen MR) is 106 cm³/mol. The Bertz CT molecular complexity index is 1190. The molecule has 2 heterocycles. The molecule has 27 heavy (non-hydrogen) atoms. The number of primary sulfonamides is 1. The van der Waals surface area contributed by atoms with Crippen LogP contribution in [0.4, 0.5) is 0 Å². The van der Waals surface area contributed by atoms with Gasteiger partial charge in [-0.2, -0.15) is 5.10 Å². The minimum atomic E-state index is -3.72. The summed E-state index contributed by atoms with van der Waals surface area (Å²) in [4.78, 5) is 5.78. The molecule has 0 fully saturated rings. The fourth-order valence-corrected chi connectivity index (χ4v) is 4.39. The monoisotopic (exact) mass is 396 g/mol. The van der Waals surface area contributed by atoms with Crippen LogP contribution < -0.4 is 5.14 Å². The van der Waals surface area contributed by atoms with Crippen LogP contribution in [0.15, 0.2) is 71.8 Å². The first-order valence-electron chi connectivity index (χ1n) is 8.14. The maximum atomic E-state index is 11.4. The molecule has 0 unspecified atom stereocenters. The SMILES string of the molecule is Cc1nc(-c2ccccc2)sc1-c1ccnn1-c1ccc(S(N)(=O)=O)cc1. The largest absolute Gasteiger partial charge is 0.241 e. The van der Waals surface area contributed by atoms with E-state index >= 15 is 0 Å². The van der Waals surface area contributed by atoms with E-state index in [1.165, 1.54) is 12.1 Å². The van der Waals surface area contributed by atoms with Crippen LogP contribution in [0.25, 0.3) is 26.8 Å². The molecule has 0 aliphatic rings. The highest BCUT2D eigenvalue weighted by Gasteiger charge is 2.16. The normalized spacial score (nSPS) is 11.6. The van der Waals surface area contributed by atoms with Crippen LogP contribution >= 0.6 is 11.3 Å². The molecule has 6 nitrogen and oxygen atoms in total. The molecule has 0 spiro atoms. The maximum Gasteiger partial charge on any atom is 0.238 e. The van der Waals surface area contributed by atoms with Crippen LogP contribution in [0.2, 0.25) is 0 Å². The number of hydrogen-bond donors (Lipinski definition) is 1. The summed E-state index contributed by atoms with van der Waals surface area (Å²) in [5.74, 6) is 0. The molecule has 0 saturated carbocycles. The van der Waals surface area contributed by atoms with Gasteiger partial charge in [-0.1, -0.05) is 30.3 Å². The van der Waals surface area contributed by atoms with Gasteiger partial charge in [0.05, 0.1) is 33.0 Å². The third-order valence-corrected chi connectivity index (χ3v) is 6.26. The number of aryl methyl sites for hydroxylation is 1. The van der Waals surface area contributed by atoms with Gasteiger partial charge in [-0.15, -0.1) is 11.3 Å². The van der Waals surface area contributed by atoms with E-state index in [-0.39, 0.29) is 4.90 Å². The molecule has 8 heteroatoms. The van der Waals surface area contributed by atoms with Crippen molar-refractivity contribution in [2.75, 3.05) is 0 Å². The van der Waals surface area contributed by atoms with Crippen molar-refractivity contribution in [1.29, 1.82) is 0 Å². The second-order valence-electron chi connectivity index (χ2n) is 5.97. The van der Waals surface area contributed by atoms with E-state index in [1.807, 2.05) is 43.3 Å². The third-order valence-electron chi connectivity index (χ3n) is 4.10. The zero-order chi connectivity index (χ0) is 19.0. The molecule has 0 aliphatic heterocycles. The molecule has 0 saturated heterocycles. The first-order valence-corrected chi connectivity index (χ1v) is 10.5. The van der Waals surface area contributed by atoms with Crippen LogP contribution in [0, 0.1) is 6.92 Å². The van der Waals surface area contributed by atoms with E-state index in [0.29, 0.717) is 0 Å². The number of benzene rings is 2. The van der Waals surface area contributed by atoms with Crippen molar-refractivity contribution in [2.45, 2.75) is 11.8 Å². The molecule has 2 aromatic heterocycles. The molecule has 2 N–H and O–H groups in total. The second kappa shape index (κ2) is 6.73. The van der Waals surface area contributed by atoms with E-state index in [0.717, 1.165) is 32.5 Å². The minimum Gasteiger partial charge on any atom is -0.241 e. The first-order chi connectivity index (χ1) is 12.9. The van der Waals surface area contributed by atoms with Gasteiger partial charge in [-0.05, 0) is 37.3 Å². The molecule has 0 atom stereocenters. The zero-order valence-corrected chi connectivity index (χ0v) is 16.0. The lowest BCUT2D eigenvalue weighted by molar-refractivity contribution is 0.598. The van der Waals surface area contributed by atoms with Gasteiger partial charge >= 0.3 is 0 Å². The van der Waals surface area contributed by atoms with Crippen molar-refractivity contribution in [3.8, 4) is 26.8 Å². The maximum absolute atomic E-state index is 11.4. The van der Waals surface area contributed by atoms with Crippen molar-refractivity contribution in [3.63, 3.8) is 0 Å². The van der Waals surface area contributed by atoms with Gasteiger partial charge in [0.25, 0.3) is 0 Å². The van der Waals surface area contributed by atoms with Crippen molar-refractivity contribution in [2.24, 2.45) is 5.14 Å². The Hall–Kier alpha value is -2.81. The molecule has 0 bridgehead atoms. The highest BCUT2D eigenvalue weighted by Crippen LogP contribution is 2.35. The highest BCUT2D eigenvalue weighted by atomic mass is 32.2. The quantitative estimate of drug-likeness (QED) is 0.570. The Balaban J connectivity index is 1.76. The fourth-order valence-electron chi connectivity index (χ4n) is 2.80. The minimum absolute atomic E-state index is 0.0697. The number of nitrogens with zero attached hydrogens (tertiary/aromatic N) is 3. The van der Waals surface area contributed by atoms with Gasteiger partial charge in [0.15, 0.2) is 0 Å². The first kappa shape index (κ1) is 17.6. The van der Waals surface area contributed by atoms with Gasteiger partial charge in [0, 0.05) is 5.56 Å². The molecule has 0 radical (unpaired) electrons. The number of nitrogens with two attached hydrogens (primary N) is 1. The topological polar surface area (TPSA) is 90.9 Å². The van der Waals surface area contributed by atoms with Crippen molar-refractivity contribution >= 4 is 21.4 Å². The molecular weight excluding hydrogens is 380 g/mol. The summed E-state index contributed by atoms with van der Waals surface area (Å²) >= 11 is 1.60. The van der Waals surface area contributed by atoms with Gasteiger partial charge in [-0.25, -0.2) is 23.2 Å². The third kappa shape index (κ3) is 3.42. The van der Waals surface area contributed by atoms with E-state index in [1.54, 1.807) is 34.3 Å². The molecule has 4 rings (SSSR count). The molecule has 136 valence electrons. The smallest absolute Gasteiger partial charge is 0.238 e. The molecular formula is C19H16N4O2S2. The van der Waals surface area contributed by atoms with Gasteiger partial charge < -0.3 is 0 Å². The predicted octanol–water partition coefficient (Wildman–Crippen LogP) is 3.62. The van der Waals surface area contributed by atoms with Gasteiger partial charge in [0.2, 0.25) is 10.0 Å². The zero-order valence-electron chi connectivity index (χ0n) is 14.4. The summed E-state index contributed by atoms with van der Waals surface area (Å²) in [6.07, 6.45) is 1.71. The van der Waals surface area contributed by atoms with Crippen LogP contribution in [0.5, 0.6) is 0 Å². The molecule has 0 aliphatic carbocycles. The highest BCUT2D eigenvalue weighted by molar-refractivity contribution is 7.89. The van der Waals surface area contributed by atoms with Crippen molar-refractivity contribution in [3.05, 3.63) is 72.6 Å². The molecule has 0 amide bonds. The average Bonchev–Trinajstić information content (AvgIpc) is 3.28. The Labute approximate surface area is 161 Å². The summed E-state index contributed by atoms with van der Waals surface area (Å²) in [5.41, 5.74) is 3.63. The number of rotatable bonds is 4. The molecule has 2 aromatic carbocycles. The van der Waals surface area contributed by atoms with E-state index in [4.69, 9.17) is 10.1 Å². The fraction of sp³-hybridized carbons (Fsp3) is 0.0526. The molecule has 4 aromatic rings. The summed E-state index contributed by atoms with van der Waals surface area (Å²) < 4.78 is 24.7. The van der Waals surface area contributed by atoms with Crippen LogP contribution in [0.1, 0.15) is 5.69 Å². The second-order valence-corrected chi connectivity index (χ2v) is 8.53. The van der Waals surface area contributed by atoms with Crippen molar-refractivity contribution in [1.82, 2.24) is 14.8 Å². The summed E-state index contributed by atoms with van der Waals surface area (Å²) in [7, 11) is -3.72. The number of thiazole rings is 1. The number of sulfonamides is 1. The van der Waals surface area contributed by atoms with Crippen LogP contribution in [0.3, 0.4) is 0 Å². The number of aromatic nitrogens is 3. The summed E-state index contributed by atoms with van der Waals surface area (Å²) in [6, 6.07) is 18.3. The van der Waals surface area contributed by atoms with Crippen LogP contribution in [-0.4, -0.2) is 23.2 Å². The van der Waals surface area contributed by atoms with Gasteiger partial charge in [-0.3, -0.25) is 0 Å². The Morgan fingerprint density at radius 2 is 1.70 bits per heavy atom. The lowest BCUT2D eigenvalue weighted by Crippen LogP contribution is -2.12. The average molecular weight is 396 g/mol. The lowest BCUT2D eigenvalue weighted by atomic mass is 10.2. The Morgan fingerprint density at radius 3 is 2.37 bits per heavy atom. The number of hydrogen-bond acceptors (Lipinski definition) is 5. The lowest BCUT2D eigenvalue weighted by Gasteiger charge is -2.07. The van der Waals surface area contributed by atoms with Crippen molar-refractivity contribution < 1.29 is 8.42 Å². The Kier molecular flexibility index (Phi) is 4.39.